The maximum atomic E-state index is 11.8. The Morgan fingerprint density at radius 2 is 2.00 bits per heavy atom. The van der Waals surface area contributed by atoms with Crippen LogP contribution >= 0.6 is 11.6 Å². The van der Waals surface area contributed by atoms with Gasteiger partial charge in [0.05, 0.1) is 0 Å². The Kier molecular flexibility index (Phi) is 2.82. The van der Waals surface area contributed by atoms with Crippen molar-refractivity contribution in [1.82, 2.24) is 0 Å². The van der Waals surface area contributed by atoms with Crippen LogP contribution in [0.25, 0.3) is 0 Å². The summed E-state index contributed by atoms with van der Waals surface area (Å²) < 4.78 is 0. The van der Waals surface area contributed by atoms with Gasteiger partial charge in [-0.1, -0.05) is 0 Å². The van der Waals surface area contributed by atoms with Crippen LogP contribution in [0.5, 0.6) is 0 Å². The number of carbonyl (C=O) groups excluding carboxylic acids is 1. The third-order valence-electron chi connectivity index (χ3n) is 2.58. The van der Waals surface area contributed by atoms with Crippen LogP contribution in [-0.2, 0) is 4.79 Å². The highest BCUT2D eigenvalue weighted by atomic mass is 35.5. The highest BCUT2D eigenvalue weighted by molar-refractivity contribution is 6.33. The first kappa shape index (κ1) is 10.3. The number of nitrogens with two attached hydrogens (primary N) is 1. The van der Waals surface area contributed by atoms with Crippen molar-refractivity contribution < 1.29 is 4.79 Å². The molecule has 0 spiro atoms. The molecule has 1 amide bonds. The Balaban J connectivity index is 2.22. The second-order valence-electron chi connectivity index (χ2n) is 3.69. The van der Waals surface area contributed by atoms with E-state index in [2.05, 4.69) is 0 Å². The molecule has 80 valence electrons. The van der Waals surface area contributed by atoms with E-state index >= 15 is 0 Å². The molecule has 0 radical (unpaired) electrons. The molecular weight excluding hydrogens is 212 g/mol. The molecule has 0 bridgehead atoms. The zero-order chi connectivity index (χ0) is 10.8. The fourth-order valence-corrected chi connectivity index (χ4v) is 2.01. The van der Waals surface area contributed by atoms with Gasteiger partial charge in [0.25, 0.3) is 0 Å². The van der Waals surface area contributed by atoms with Gasteiger partial charge in [-0.3, -0.25) is 4.79 Å². The molecule has 0 saturated carbocycles. The summed E-state index contributed by atoms with van der Waals surface area (Å²) in [6.45, 7) is 0.742. The second-order valence-corrected chi connectivity index (χ2v) is 4.22. The minimum Gasteiger partial charge on any atom is -0.399 e. The Hall–Kier alpha value is -1.22. The van der Waals surface area contributed by atoms with Gasteiger partial charge in [0.15, 0.2) is 0 Å². The second kappa shape index (κ2) is 4.11. The Bertz CT molecular complexity index is 363. The van der Waals surface area contributed by atoms with Crippen LogP contribution in [0.3, 0.4) is 0 Å². The molecule has 3 nitrogen and oxygen atoms in total. The average molecular weight is 225 g/mol. The number of piperidine rings is 1. The summed E-state index contributed by atoms with van der Waals surface area (Å²) >= 11 is 5.93. The number of nitrogens with zero attached hydrogens (tertiary/aromatic N) is 1. The van der Waals surface area contributed by atoms with Crippen LogP contribution in [0.1, 0.15) is 12.8 Å². The van der Waals surface area contributed by atoms with E-state index < -0.39 is 0 Å². The van der Waals surface area contributed by atoms with Crippen molar-refractivity contribution in [3.8, 4) is 0 Å². The van der Waals surface area contributed by atoms with Crippen molar-refractivity contribution >= 4 is 28.9 Å². The lowest BCUT2D eigenvalue weighted by atomic mass is 10.1. The number of hydrogen-bond acceptors (Lipinski definition) is 2. The molecule has 1 fully saturated rings. The molecule has 1 aliphatic rings. The molecule has 1 aliphatic heterocycles. The van der Waals surface area contributed by atoms with E-state index in [4.69, 9.17) is 17.3 Å². The number of halogens is 1. The van der Waals surface area contributed by atoms with Crippen LogP contribution in [0, 0.1) is 0 Å². The molecular formula is C11H13ClN2O. The summed E-state index contributed by atoms with van der Waals surface area (Å²) in [6.07, 6.45) is 1.72. The van der Waals surface area contributed by atoms with Crippen LogP contribution < -0.4 is 10.6 Å². The van der Waals surface area contributed by atoms with Crippen molar-refractivity contribution in [3.05, 3.63) is 24.3 Å². The van der Waals surface area contributed by atoms with Crippen molar-refractivity contribution in [2.24, 2.45) is 0 Å². The summed E-state index contributed by atoms with van der Waals surface area (Å²) in [7, 11) is 0. The van der Waals surface area contributed by atoms with Gasteiger partial charge in [-0.05, 0) is 37.1 Å². The van der Waals surface area contributed by atoms with Crippen LogP contribution in [-0.4, -0.2) is 17.8 Å². The average Bonchev–Trinajstić information content (AvgIpc) is 2.24. The lowest BCUT2D eigenvalue weighted by molar-refractivity contribution is -0.119. The van der Waals surface area contributed by atoms with Gasteiger partial charge >= 0.3 is 0 Å². The first-order valence-electron chi connectivity index (χ1n) is 4.99. The normalized spacial score (nSPS) is 21.8. The van der Waals surface area contributed by atoms with Gasteiger partial charge in [-0.2, -0.15) is 0 Å². The SMILES string of the molecule is Nc1ccc(N2CCCC(Cl)C2=O)cc1. The summed E-state index contributed by atoms with van der Waals surface area (Å²) in [6, 6.07) is 7.28. The molecule has 15 heavy (non-hydrogen) atoms. The Labute approximate surface area is 93.8 Å². The Morgan fingerprint density at radius 3 is 2.67 bits per heavy atom. The molecule has 4 heteroatoms. The third kappa shape index (κ3) is 2.07. The molecule has 2 N–H and O–H groups in total. The molecule has 1 heterocycles. The number of amides is 1. The van der Waals surface area contributed by atoms with E-state index in [1.807, 2.05) is 12.1 Å². The fourth-order valence-electron chi connectivity index (χ4n) is 1.74. The molecule has 2 rings (SSSR count). The minimum atomic E-state index is -0.378. The molecule has 1 aromatic carbocycles. The largest absolute Gasteiger partial charge is 0.399 e. The number of anilines is 2. The maximum Gasteiger partial charge on any atom is 0.245 e. The quantitative estimate of drug-likeness (QED) is 0.586. The number of rotatable bonds is 1. The number of hydrogen-bond donors (Lipinski definition) is 1. The van der Waals surface area contributed by atoms with Crippen molar-refractivity contribution in [2.45, 2.75) is 18.2 Å². The van der Waals surface area contributed by atoms with Crippen molar-refractivity contribution in [3.63, 3.8) is 0 Å². The fraction of sp³-hybridized carbons (Fsp3) is 0.364. The van der Waals surface area contributed by atoms with Crippen molar-refractivity contribution in [1.29, 1.82) is 0 Å². The Morgan fingerprint density at radius 1 is 1.33 bits per heavy atom. The zero-order valence-corrected chi connectivity index (χ0v) is 9.07. The van der Waals surface area contributed by atoms with Gasteiger partial charge in [-0.25, -0.2) is 0 Å². The summed E-state index contributed by atoms with van der Waals surface area (Å²) in [4.78, 5) is 13.5. The summed E-state index contributed by atoms with van der Waals surface area (Å²) in [5, 5.41) is -0.378. The van der Waals surface area contributed by atoms with E-state index in [-0.39, 0.29) is 11.3 Å². The lowest BCUT2D eigenvalue weighted by Crippen LogP contribution is -2.41. The molecule has 1 unspecified atom stereocenters. The highest BCUT2D eigenvalue weighted by Gasteiger charge is 2.27. The van der Waals surface area contributed by atoms with Crippen LogP contribution in [0.4, 0.5) is 11.4 Å². The van der Waals surface area contributed by atoms with E-state index in [0.717, 1.165) is 25.1 Å². The van der Waals surface area contributed by atoms with E-state index in [9.17, 15) is 4.79 Å². The smallest absolute Gasteiger partial charge is 0.245 e. The number of alkyl halides is 1. The van der Waals surface area contributed by atoms with Crippen LogP contribution in [0.15, 0.2) is 24.3 Å². The van der Waals surface area contributed by atoms with E-state index in [1.54, 1.807) is 17.0 Å². The predicted octanol–water partition coefficient (Wildman–Crippen LogP) is 2.00. The first-order valence-corrected chi connectivity index (χ1v) is 5.43. The van der Waals surface area contributed by atoms with E-state index in [1.165, 1.54) is 0 Å². The van der Waals surface area contributed by atoms with Gasteiger partial charge in [0, 0.05) is 17.9 Å². The third-order valence-corrected chi connectivity index (χ3v) is 2.98. The van der Waals surface area contributed by atoms with Crippen molar-refractivity contribution in [2.75, 3.05) is 17.2 Å². The molecule has 0 aliphatic carbocycles. The topological polar surface area (TPSA) is 46.3 Å². The number of carbonyl (C=O) groups is 1. The molecule has 1 saturated heterocycles. The highest BCUT2D eigenvalue weighted by Crippen LogP contribution is 2.24. The molecule has 1 aromatic rings. The van der Waals surface area contributed by atoms with Gasteiger partial charge in [0.2, 0.25) is 5.91 Å². The monoisotopic (exact) mass is 224 g/mol. The van der Waals surface area contributed by atoms with E-state index in [0.29, 0.717) is 5.69 Å². The predicted molar refractivity (Wildman–Crippen MR) is 62.1 cm³/mol. The molecule has 1 atom stereocenters. The van der Waals surface area contributed by atoms with Gasteiger partial charge in [-0.15, -0.1) is 11.6 Å². The standard InChI is InChI=1S/C11H13ClN2O/c12-10-2-1-7-14(11(10)15)9-5-3-8(13)4-6-9/h3-6,10H,1-2,7,13H2. The maximum absolute atomic E-state index is 11.8. The first-order chi connectivity index (χ1) is 7.18. The van der Waals surface area contributed by atoms with Gasteiger partial charge in [0.1, 0.15) is 5.38 Å². The number of benzene rings is 1. The minimum absolute atomic E-state index is 0.00677. The van der Waals surface area contributed by atoms with Crippen LogP contribution in [0.2, 0.25) is 0 Å². The lowest BCUT2D eigenvalue weighted by Gasteiger charge is -2.29. The number of nitrogen functional groups attached to an aromatic ring is 1. The zero-order valence-electron chi connectivity index (χ0n) is 8.32. The summed E-state index contributed by atoms with van der Waals surface area (Å²) in [5.41, 5.74) is 7.16. The molecule has 0 aromatic heterocycles. The van der Waals surface area contributed by atoms with Gasteiger partial charge < -0.3 is 10.6 Å². The summed E-state index contributed by atoms with van der Waals surface area (Å²) in [5.74, 6) is -0.00677.